The van der Waals surface area contributed by atoms with E-state index in [1.807, 2.05) is 6.07 Å². The standard InChI is InChI=1S/C22H16IN/c1-15-11-13-16(14-12-15)20-18-9-5-6-10-19(18)24-22(21(20)23)17-7-3-2-4-8-17/h2-14H,1H3. The predicted molar refractivity (Wildman–Crippen MR) is 110 cm³/mol. The van der Waals surface area contributed by atoms with Gasteiger partial charge in [0.1, 0.15) is 0 Å². The zero-order valence-electron chi connectivity index (χ0n) is 13.3. The van der Waals surface area contributed by atoms with Gasteiger partial charge in [0.05, 0.1) is 11.2 Å². The zero-order chi connectivity index (χ0) is 16.5. The lowest BCUT2D eigenvalue weighted by Crippen LogP contribution is -1.95. The van der Waals surface area contributed by atoms with Crippen LogP contribution < -0.4 is 0 Å². The number of halogens is 1. The van der Waals surface area contributed by atoms with E-state index in [9.17, 15) is 0 Å². The highest BCUT2D eigenvalue weighted by Gasteiger charge is 2.15. The molecule has 0 aliphatic rings. The van der Waals surface area contributed by atoms with Crippen molar-refractivity contribution in [1.29, 1.82) is 0 Å². The molecule has 0 atom stereocenters. The fourth-order valence-corrected chi connectivity index (χ4v) is 4.01. The molecule has 116 valence electrons. The third-order valence-electron chi connectivity index (χ3n) is 4.22. The first-order valence-electron chi connectivity index (χ1n) is 7.95. The average Bonchev–Trinajstić information content (AvgIpc) is 2.63. The molecule has 4 aromatic rings. The maximum absolute atomic E-state index is 4.94. The smallest absolute Gasteiger partial charge is 0.0849 e. The van der Waals surface area contributed by atoms with Crippen LogP contribution in [0.3, 0.4) is 0 Å². The van der Waals surface area contributed by atoms with Gasteiger partial charge in [-0.1, -0.05) is 78.4 Å². The number of aryl methyl sites for hydroxylation is 1. The fraction of sp³-hybridized carbons (Fsp3) is 0.0455. The van der Waals surface area contributed by atoms with Crippen LogP contribution in [-0.2, 0) is 0 Å². The first kappa shape index (κ1) is 15.3. The van der Waals surface area contributed by atoms with E-state index >= 15 is 0 Å². The van der Waals surface area contributed by atoms with Gasteiger partial charge in [-0.3, -0.25) is 0 Å². The Morgan fingerprint density at radius 2 is 1.38 bits per heavy atom. The number of pyridine rings is 1. The molecule has 1 nitrogen and oxygen atoms in total. The van der Waals surface area contributed by atoms with Crippen molar-refractivity contribution in [3.05, 3.63) is 88.0 Å². The van der Waals surface area contributed by atoms with Gasteiger partial charge in [0.15, 0.2) is 0 Å². The lowest BCUT2D eigenvalue weighted by atomic mass is 9.97. The Bertz CT molecular complexity index is 1010. The molecule has 0 amide bonds. The molecule has 3 aromatic carbocycles. The molecule has 24 heavy (non-hydrogen) atoms. The molecule has 2 heteroatoms. The van der Waals surface area contributed by atoms with Gasteiger partial charge in [0.25, 0.3) is 0 Å². The van der Waals surface area contributed by atoms with Crippen molar-refractivity contribution in [2.24, 2.45) is 0 Å². The number of benzene rings is 3. The number of rotatable bonds is 2. The third-order valence-corrected chi connectivity index (χ3v) is 5.27. The van der Waals surface area contributed by atoms with Crippen molar-refractivity contribution in [2.45, 2.75) is 6.92 Å². The van der Waals surface area contributed by atoms with Gasteiger partial charge in [-0.2, -0.15) is 0 Å². The minimum absolute atomic E-state index is 1.03. The van der Waals surface area contributed by atoms with Crippen LogP contribution in [0.25, 0.3) is 33.3 Å². The van der Waals surface area contributed by atoms with Gasteiger partial charge < -0.3 is 0 Å². The van der Waals surface area contributed by atoms with E-state index in [0.717, 1.165) is 16.8 Å². The monoisotopic (exact) mass is 421 g/mol. The summed E-state index contributed by atoms with van der Waals surface area (Å²) >= 11 is 2.44. The Morgan fingerprint density at radius 1 is 0.708 bits per heavy atom. The molecule has 0 spiro atoms. The highest BCUT2D eigenvalue weighted by Crippen LogP contribution is 2.37. The van der Waals surface area contributed by atoms with Crippen LogP contribution in [0.4, 0.5) is 0 Å². The molecule has 0 bridgehead atoms. The largest absolute Gasteiger partial charge is 0.247 e. The SMILES string of the molecule is Cc1ccc(-c2c(I)c(-c3ccccc3)nc3ccccc23)cc1. The normalized spacial score (nSPS) is 10.9. The first-order valence-corrected chi connectivity index (χ1v) is 9.02. The van der Waals surface area contributed by atoms with Gasteiger partial charge in [-0.25, -0.2) is 4.98 Å². The first-order chi connectivity index (χ1) is 11.7. The second-order valence-electron chi connectivity index (χ2n) is 5.90. The van der Waals surface area contributed by atoms with Crippen molar-refractivity contribution in [3.63, 3.8) is 0 Å². The summed E-state index contributed by atoms with van der Waals surface area (Å²) in [6.45, 7) is 2.12. The molecular weight excluding hydrogens is 405 g/mol. The van der Waals surface area contributed by atoms with Crippen LogP contribution >= 0.6 is 22.6 Å². The highest BCUT2D eigenvalue weighted by molar-refractivity contribution is 14.1. The van der Waals surface area contributed by atoms with Crippen molar-refractivity contribution in [3.8, 4) is 22.4 Å². The van der Waals surface area contributed by atoms with Gasteiger partial charge in [-0.15, -0.1) is 0 Å². The van der Waals surface area contributed by atoms with Crippen molar-refractivity contribution < 1.29 is 0 Å². The Hall–Kier alpha value is -2.20. The molecule has 0 unspecified atom stereocenters. The zero-order valence-corrected chi connectivity index (χ0v) is 15.5. The van der Waals surface area contributed by atoms with Gasteiger partial charge in [0, 0.05) is 20.1 Å². The molecule has 4 rings (SSSR count). The molecule has 1 heterocycles. The molecular formula is C22H16IN. The minimum atomic E-state index is 1.03. The van der Waals surface area contributed by atoms with Crippen LogP contribution in [0.15, 0.2) is 78.9 Å². The molecule has 0 aliphatic carbocycles. The van der Waals surface area contributed by atoms with E-state index in [1.165, 1.54) is 25.6 Å². The van der Waals surface area contributed by atoms with Gasteiger partial charge in [0.2, 0.25) is 0 Å². The third kappa shape index (κ3) is 2.71. The summed E-state index contributed by atoms with van der Waals surface area (Å²) in [5.41, 5.74) is 7.01. The van der Waals surface area contributed by atoms with Crippen molar-refractivity contribution in [2.75, 3.05) is 0 Å². The Balaban J connectivity index is 2.07. The molecule has 0 radical (unpaired) electrons. The quantitative estimate of drug-likeness (QED) is 0.338. The summed E-state index contributed by atoms with van der Waals surface area (Å²) < 4.78 is 1.20. The Morgan fingerprint density at radius 3 is 2.12 bits per heavy atom. The molecule has 0 saturated carbocycles. The lowest BCUT2D eigenvalue weighted by Gasteiger charge is -2.14. The number of hydrogen-bond donors (Lipinski definition) is 0. The molecule has 0 N–H and O–H groups in total. The number of hydrogen-bond acceptors (Lipinski definition) is 1. The van der Waals surface area contributed by atoms with Crippen molar-refractivity contribution in [1.82, 2.24) is 4.98 Å². The molecule has 1 aromatic heterocycles. The Labute approximate surface area is 155 Å². The van der Waals surface area contributed by atoms with Gasteiger partial charge in [-0.05, 0) is 41.1 Å². The summed E-state index contributed by atoms with van der Waals surface area (Å²) in [6, 6.07) is 27.5. The van der Waals surface area contributed by atoms with Crippen LogP contribution in [0.2, 0.25) is 0 Å². The number of aromatic nitrogens is 1. The van der Waals surface area contributed by atoms with E-state index in [0.29, 0.717) is 0 Å². The molecule has 0 saturated heterocycles. The predicted octanol–water partition coefficient (Wildman–Crippen LogP) is 6.48. The minimum Gasteiger partial charge on any atom is -0.247 e. The maximum Gasteiger partial charge on any atom is 0.0849 e. The summed E-state index contributed by atoms with van der Waals surface area (Å²) in [5.74, 6) is 0. The number of para-hydroxylation sites is 1. The topological polar surface area (TPSA) is 12.9 Å². The fourth-order valence-electron chi connectivity index (χ4n) is 2.98. The second kappa shape index (κ2) is 6.36. The van der Waals surface area contributed by atoms with E-state index < -0.39 is 0 Å². The lowest BCUT2D eigenvalue weighted by molar-refractivity contribution is 1.37. The van der Waals surface area contributed by atoms with E-state index in [2.05, 4.69) is 102 Å². The van der Waals surface area contributed by atoms with E-state index in [-0.39, 0.29) is 0 Å². The van der Waals surface area contributed by atoms with Crippen LogP contribution in [0, 0.1) is 10.5 Å². The van der Waals surface area contributed by atoms with Crippen LogP contribution in [-0.4, -0.2) is 4.98 Å². The Kier molecular flexibility index (Phi) is 4.07. The summed E-state index contributed by atoms with van der Waals surface area (Å²) in [4.78, 5) is 4.94. The number of fused-ring (bicyclic) bond motifs is 1. The van der Waals surface area contributed by atoms with Crippen LogP contribution in [0.1, 0.15) is 5.56 Å². The summed E-state index contributed by atoms with van der Waals surface area (Å²) in [6.07, 6.45) is 0. The number of nitrogens with zero attached hydrogens (tertiary/aromatic N) is 1. The second-order valence-corrected chi connectivity index (χ2v) is 6.98. The highest BCUT2D eigenvalue weighted by atomic mass is 127. The maximum atomic E-state index is 4.94. The van der Waals surface area contributed by atoms with E-state index in [1.54, 1.807) is 0 Å². The van der Waals surface area contributed by atoms with Gasteiger partial charge >= 0.3 is 0 Å². The summed E-state index contributed by atoms with van der Waals surface area (Å²) in [7, 11) is 0. The molecule has 0 fully saturated rings. The van der Waals surface area contributed by atoms with Crippen LogP contribution in [0.5, 0.6) is 0 Å². The van der Waals surface area contributed by atoms with E-state index in [4.69, 9.17) is 4.98 Å². The summed E-state index contributed by atoms with van der Waals surface area (Å²) in [5, 5.41) is 1.20. The molecule has 0 aliphatic heterocycles. The van der Waals surface area contributed by atoms with Crippen molar-refractivity contribution >= 4 is 33.5 Å². The average molecular weight is 421 g/mol.